The molecule has 9 heteroatoms. The summed E-state index contributed by atoms with van der Waals surface area (Å²) in [5.74, 6) is -0.0209. The van der Waals surface area contributed by atoms with Crippen LogP contribution in [0.5, 0.6) is 0 Å². The van der Waals surface area contributed by atoms with Crippen molar-refractivity contribution in [2.75, 3.05) is 0 Å². The molecule has 0 aliphatic rings. The lowest BCUT2D eigenvalue weighted by molar-refractivity contribution is 0.560. The zero-order valence-electron chi connectivity index (χ0n) is 15.5. The van der Waals surface area contributed by atoms with Gasteiger partial charge in [-0.05, 0) is 29.8 Å². The highest BCUT2D eigenvalue weighted by Gasteiger charge is 2.27. The number of halogens is 1. The highest BCUT2D eigenvalue weighted by atomic mass is 32.2. The third-order valence-corrected chi connectivity index (χ3v) is 5.84. The molecule has 7 nitrogen and oxygen atoms in total. The average molecular weight is 411 g/mol. The summed E-state index contributed by atoms with van der Waals surface area (Å²) in [6, 6.07) is 14.1. The number of rotatable bonds is 6. The molecule has 2 aromatic heterocycles. The van der Waals surface area contributed by atoms with Gasteiger partial charge in [0.05, 0.1) is 18.1 Å². The molecule has 2 heterocycles. The summed E-state index contributed by atoms with van der Waals surface area (Å²) < 4.78 is 45.7. The SMILES string of the molecule is Cn1ccnc1C(NS(=O)(=O)c1cnn(-c2ccccc2)c1)c1cccc(F)c1. The lowest BCUT2D eigenvalue weighted by Gasteiger charge is -2.18. The standard InChI is InChI=1S/C20H18FN5O2S/c1-25-11-10-22-20(25)19(15-6-5-7-16(21)12-15)24-29(27,28)18-13-23-26(14-18)17-8-3-2-4-9-17/h2-14,19,24H,1H3. The molecule has 29 heavy (non-hydrogen) atoms. The van der Waals surface area contributed by atoms with Crippen molar-refractivity contribution < 1.29 is 12.8 Å². The molecule has 2 aromatic carbocycles. The van der Waals surface area contributed by atoms with Gasteiger partial charge in [0, 0.05) is 19.4 Å². The Kier molecular flexibility index (Phi) is 4.99. The maximum Gasteiger partial charge on any atom is 0.244 e. The van der Waals surface area contributed by atoms with E-state index in [0.717, 1.165) is 5.69 Å². The molecule has 148 valence electrons. The number of nitrogens with zero attached hydrogens (tertiary/aromatic N) is 4. The van der Waals surface area contributed by atoms with Crippen LogP contribution >= 0.6 is 0 Å². The van der Waals surface area contributed by atoms with E-state index in [9.17, 15) is 12.8 Å². The summed E-state index contributed by atoms with van der Waals surface area (Å²) in [7, 11) is -2.21. The van der Waals surface area contributed by atoms with Gasteiger partial charge >= 0.3 is 0 Å². The lowest BCUT2D eigenvalue weighted by atomic mass is 10.1. The highest BCUT2D eigenvalue weighted by molar-refractivity contribution is 7.89. The zero-order chi connectivity index (χ0) is 20.4. The normalized spacial score (nSPS) is 12.8. The summed E-state index contributed by atoms with van der Waals surface area (Å²) in [6.45, 7) is 0. The van der Waals surface area contributed by atoms with Crippen LogP contribution in [0.25, 0.3) is 5.69 Å². The van der Waals surface area contributed by atoms with E-state index in [0.29, 0.717) is 11.4 Å². The van der Waals surface area contributed by atoms with Gasteiger partial charge in [-0.25, -0.2) is 22.5 Å². The van der Waals surface area contributed by atoms with Gasteiger partial charge in [0.15, 0.2) is 0 Å². The van der Waals surface area contributed by atoms with Crippen molar-refractivity contribution in [3.05, 3.63) is 96.6 Å². The van der Waals surface area contributed by atoms with E-state index >= 15 is 0 Å². The second-order valence-electron chi connectivity index (χ2n) is 6.46. The second-order valence-corrected chi connectivity index (χ2v) is 8.18. The lowest BCUT2D eigenvalue weighted by Crippen LogP contribution is -2.31. The zero-order valence-corrected chi connectivity index (χ0v) is 16.3. The first-order valence-electron chi connectivity index (χ1n) is 8.79. The number of aromatic nitrogens is 4. The minimum Gasteiger partial charge on any atom is -0.336 e. The first kappa shape index (κ1) is 19.0. The molecule has 0 bridgehead atoms. The highest BCUT2D eigenvalue weighted by Crippen LogP contribution is 2.24. The van der Waals surface area contributed by atoms with Gasteiger partial charge in [-0.15, -0.1) is 0 Å². The Morgan fingerprint density at radius 3 is 2.59 bits per heavy atom. The van der Waals surface area contributed by atoms with Gasteiger partial charge in [0.25, 0.3) is 0 Å². The monoisotopic (exact) mass is 411 g/mol. The van der Waals surface area contributed by atoms with Crippen molar-refractivity contribution in [3.63, 3.8) is 0 Å². The summed E-state index contributed by atoms with van der Waals surface area (Å²) in [5.41, 5.74) is 1.18. The van der Waals surface area contributed by atoms with Gasteiger partial charge in [0.2, 0.25) is 10.0 Å². The van der Waals surface area contributed by atoms with Gasteiger partial charge in [0.1, 0.15) is 22.6 Å². The van der Waals surface area contributed by atoms with E-state index in [2.05, 4.69) is 14.8 Å². The Morgan fingerprint density at radius 2 is 1.90 bits per heavy atom. The fourth-order valence-electron chi connectivity index (χ4n) is 3.00. The molecule has 0 spiro atoms. The number of imidazole rings is 1. The molecular weight excluding hydrogens is 393 g/mol. The van der Waals surface area contributed by atoms with Crippen LogP contribution in [-0.4, -0.2) is 27.7 Å². The molecule has 0 saturated carbocycles. The van der Waals surface area contributed by atoms with E-state index in [1.807, 2.05) is 30.3 Å². The van der Waals surface area contributed by atoms with Crippen molar-refractivity contribution in [2.45, 2.75) is 10.9 Å². The molecule has 4 rings (SSSR count). The van der Waals surface area contributed by atoms with E-state index < -0.39 is 21.9 Å². The van der Waals surface area contributed by atoms with Crippen molar-refractivity contribution in [3.8, 4) is 5.69 Å². The molecule has 4 aromatic rings. The van der Waals surface area contributed by atoms with Gasteiger partial charge in [-0.2, -0.15) is 9.82 Å². The number of hydrogen-bond acceptors (Lipinski definition) is 4. The second kappa shape index (κ2) is 7.61. The van der Waals surface area contributed by atoms with Gasteiger partial charge in [-0.3, -0.25) is 0 Å². The van der Waals surface area contributed by atoms with Gasteiger partial charge < -0.3 is 4.57 Å². The molecule has 0 amide bonds. The topological polar surface area (TPSA) is 81.8 Å². The number of para-hydroxylation sites is 1. The van der Waals surface area contributed by atoms with E-state index in [4.69, 9.17) is 0 Å². The van der Waals surface area contributed by atoms with Crippen molar-refractivity contribution in [2.24, 2.45) is 7.05 Å². The summed E-state index contributed by atoms with van der Waals surface area (Å²) in [4.78, 5) is 4.24. The number of benzene rings is 2. The number of nitrogens with one attached hydrogen (secondary N) is 1. The van der Waals surface area contributed by atoms with Crippen molar-refractivity contribution in [1.82, 2.24) is 24.1 Å². The molecule has 0 aliphatic heterocycles. The van der Waals surface area contributed by atoms with Crippen LogP contribution in [0.1, 0.15) is 17.4 Å². The molecule has 1 atom stereocenters. The van der Waals surface area contributed by atoms with Crippen LogP contribution in [0.15, 0.2) is 84.3 Å². The predicted octanol–water partition coefficient (Wildman–Crippen LogP) is 2.81. The smallest absolute Gasteiger partial charge is 0.244 e. The summed E-state index contributed by atoms with van der Waals surface area (Å²) in [5, 5.41) is 4.14. The first-order valence-corrected chi connectivity index (χ1v) is 10.3. The molecular formula is C20H18FN5O2S. The Bertz CT molecular complexity index is 1230. The fourth-order valence-corrected chi connectivity index (χ4v) is 4.11. The predicted molar refractivity (Wildman–Crippen MR) is 105 cm³/mol. The fraction of sp³-hybridized carbons (Fsp3) is 0.100. The molecule has 0 aliphatic carbocycles. The van der Waals surface area contributed by atoms with Crippen LogP contribution in [-0.2, 0) is 17.1 Å². The molecule has 0 fully saturated rings. The largest absolute Gasteiger partial charge is 0.336 e. The van der Waals surface area contributed by atoms with Crippen LogP contribution in [0, 0.1) is 5.82 Å². The molecule has 0 radical (unpaired) electrons. The quantitative estimate of drug-likeness (QED) is 0.529. The number of hydrogen-bond donors (Lipinski definition) is 1. The Morgan fingerprint density at radius 1 is 1.10 bits per heavy atom. The minimum absolute atomic E-state index is 0.00281. The summed E-state index contributed by atoms with van der Waals surface area (Å²) >= 11 is 0. The Labute approximate surface area is 167 Å². The Hall–Kier alpha value is -3.30. The van der Waals surface area contributed by atoms with Crippen LogP contribution in [0.4, 0.5) is 4.39 Å². The summed E-state index contributed by atoms with van der Waals surface area (Å²) in [6.07, 6.45) is 5.96. The first-order chi connectivity index (χ1) is 13.9. The molecule has 1 unspecified atom stereocenters. The third kappa shape index (κ3) is 3.96. The molecule has 0 saturated heterocycles. The number of aryl methyl sites for hydroxylation is 1. The van der Waals surface area contributed by atoms with E-state index in [1.165, 1.54) is 35.3 Å². The maximum atomic E-state index is 13.8. The third-order valence-electron chi connectivity index (χ3n) is 4.46. The number of sulfonamides is 1. The van der Waals surface area contributed by atoms with Gasteiger partial charge in [-0.1, -0.05) is 30.3 Å². The maximum absolute atomic E-state index is 13.8. The molecule has 1 N–H and O–H groups in total. The van der Waals surface area contributed by atoms with Crippen molar-refractivity contribution in [1.29, 1.82) is 0 Å². The minimum atomic E-state index is -3.96. The van der Waals surface area contributed by atoms with Crippen LogP contribution in [0.2, 0.25) is 0 Å². The van der Waals surface area contributed by atoms with Crippen LogP contribution < -0.4 is 4.72 Å². The van der Waals surface area contributed by atoms with Crippen molar-refractivity contribution >= 4 is 10.0 Å². The Balaban J connectivity index is 1.70. The average Bonchev–Trinajstić information content (AvgIpc) is 3.37. The van der Waals surface area contributed by atoms with E-state index in [-0.39, 0.29) is 4.90 Å². The van der Waals surface area contributed by atoms with Crippen LogP contribution in [0.3, 0.4) is 0 Å². The van der Waals surface area contributed by atoms with E-state index in [1.54, 1.807) is 30.1 Å².